The summed E-state index contributed by atoms with van der Waals surface area (Å²) in [4.78, 5) is 71.0. The van der Waals surface area contributed by atoms with Crippen LogP contribution in [0.4, 0.5) is 0 Å². The number of unbranched alkanes of at least 4 members (excludes halogenated alkanes) is 1. The number of amides is 5. The Kier molecular flexibility index (Phi) is 14.4. The Bertz CT molecular complexity index is 722. The van der Waals surface area contributed by atoms with E-state index in [9.17, 15) is 28.8 Å². The normalized spacial score (nSPS) is 14.3. The van der Waals surface area contributed by atoms with E-state index in [1.807, 2.05) is 0 Å². The summed E-state index contributed by atoms with van der Waals surface area (Å²) >= 11 is 3.85. The van der Waals surface area contributed by atoms with Crippen LogP contribution in [0.25, 0.3) is 0 Å². The lowest BCUT2D eigenvalue weighted by molar-refractivity contribution is -0.141. The highest BCUT2D eigenvalue weighted by molar-refractivity contribution is 7.80. The summed E-state index contributed by atoms with van der Waals surface area (Å²) in [7, 11) is 0. The lowest BCUT2D eigenvalue weighted by Gasteiger charge is -2.25. The molecule has 15 heteroatoms. The van der Waals surface area contributed by atoms with Gasteiger partial charge in [-0.2, -0.15) is 12.6 Å². The monoisotopic (exact) mass is 491 g/mol. The smallest absolute Gasteiger partial charge is 0.327 e. The van der Waals surface area contributed by atoms with E-state index in [2.05, 4.69) is 28.6 Å². The van der Waals surface area contributed by atoms with Crippen LogP contribution in [0.1, 0.15) is 38.5 Å². The fourth-order valence-electron chi connectivity index (χ4n) is 2.64. The van der Waals surface area contributed by atoms with Crippen molar-refractivity contribution in [3.8, 4) is 0 Å². The molecule has 0 aliphatic carbocycles. The van der Waals surface area contributed by atoms with Crippen LogP contribution >= 0.6 is 12.6 Å². The number of thiol groups is 1. The molecular formula is C18H33N7O7S. The number of carboxylic acids is 1. The Labute approximate surface area is 196 Å². The Hall–Kier alpha value is -2.91. The third-order valence-corrected chi connectivity index (χ3v) is 4.81. The summed E-state index contributed by atoms with van der Waals surface area (Å²) in [5, 5.41) is 16.1. The highest BCUT2D eigenvalue weighted by atomic mass is 32.1. The number of hydrogen-bond acceptors (Lipinski definition) is 9. The molecular weight excluding hydrogens is 458 g/mol. The van der Waals surface area contributed by atoms with E-state index in [0.29, 0.717) is 19.4 Å². The minimum absolute atomic E-state index is 0.136. The lowest BCUT2D eigenvalue weighted by atomic mass is 10.0. The first-order valence-corrected chi connectivity index (χ1v) is 10.8. The Morgan fingerprint density at radius 1 is 0.788 bits per heavy atom. The average Bonchev–Trinajstić information content (AvgIpc) is 2.72. The van der Waals surface area contributed by atoms with Crippen LogP contribution in [0, 0.1) is 0 Å². The van der Waals surface area contributed by atoms with Gasteiger partial charge in [-0.3, -0.25) is 24.0 Å². The van der Waals surface area contributed by atoms with Crippen LogP contribution < -0.4 is 38.9 Å². The van der Waals surface area contributed by atoms with Crippen LogP contribution in [-0.2, 0) is 28.8 Å². The number of primary amides is 2. The van der Waals surface area contributed by atoms with Crippen LogP contribution in [0.2, 0.25) is 0 Å². The van der Waals surface area contributed by atoms with Gasteiger partial charge in [0.15, 0.2) is 0 Å². The van der Waals surface area contributed by atoms with Gasteiger partial charge in [0.05, 0.1) is 12.5 Å². The summed E-state index contributed by atoms with van der Waals surface area (Å²) in [5.74, 6) is -5.56. The van der Waals surface area contributed by atoms with Crippen molar-refractivity contribution < 1.29 is 33.9 Å². The maximum Gasteiger partial charge on any atom is 0.327 e. The molecule has 0 heterocycles. The lowest BCUT2D eigenvalue weighted by Crippen LogP contribution is -2.57. The standard InChI is InChI=1S/C18H33N7O7S/c19-6-2-1-3-10(23-15(28)9(20)7-14(22)27)16(29)24-11(4-5-13(21)26)17(30)25-12(8-33)18(31)32/h9-12,33H,1-8,19-20H2,(H2,21,26)(H2,22,27)(H,23,28)(H,24,29)(H,25,30)(H,31,32). The summed E-state index contributed by atoms with van der Waals surface area (Å²) < 4.78 is 0. The Morgan fingerprint density at radius 2 is 1.30 bits per heavy atom. The molecule has 0 aliphatic heterocycles. The second kappa shape index (κ2) is 15.8. The fraction of sp³-hybridized carbons (Fsp3) is 0.667. The number of nitrogens with one attached hydrogen (secondary N) is 3. The predicted molar refractivity (Wildman–Crippen MR) is 120 cm³/mol. The molecule has 0 aromatic rings. The average molecular weight is 492 g/mol. The molecule has 14 nitrogen and oxygen atoms in total. The van der Waals surface area contributed by atoms with E-state index in [1.165, 1.54) is 0 Å². The van der Waals surface area contributed by atoms with Crippen molar-refractivity contribution in [3.63, 3.8) is 0 Å². The van der Waals surface area contributed by atoms with Crippen LogP contribution in [0.3, 0.4) is 0 Å². The number of hydrogen-bond donors (Lipinski definition) is 9. The number of carboxylic acid groups (broad SMARTS) is 1. The molecule has 5 amide bonds. The zero-order chi connectivity index (χ0) is 25.6. The Morgan fingerprint density at radius 3 is 1.76 bits per heavy atom. The minimum atomic E-state index is -1.34. The third kappa shape index (κ3) is 12.6. The summed E-state index contributed by atoms with van der Waals surface area (Å²) in [5.41, 5.74) is 21.2. The maximum atomic E-state index is 12.8. The van der Waals surface area contributed by atoms with Gasteiger partial charge in [0.25, 0.3) is 0 Å². The van der Waals surface area contributed by atoms with E-state index in [1.54, 1.807) is 0 Å². The minimum Gasteiger partial charge on any atom is -0.480 e. The first-order valence-electron chi connectivity index (χ1n) is 10.2. The van der Waals surface area contributed by atoms with Crippen LogP contribution in [0.15, 0.2) is 0 Å². The van der Waals surface area contributed by atoms with Gasteiger partial charge in [0.1, 0.15) is 18.1 Å². The molecule has 188 valence electrons. The van der Waals surface area contributed by atoms with Crippen molar-refractivity contribution in [1.29, 1.82) is 0 Å². The van der Waals surface area contributed by atoms with Crippen LogP contribution in [0.5, 0.6) is 0 Å². The van der Waals surface area contributed by atoms with E-state index < -0.39 is 66.1 Å². The van der Waals surface area contributed by atoms with Crippen molar-refractivity contribution in [1.82, 2.24) is 16.0 Å². The number of rotatable bonds is 17. The molecule has 0 aromatic heterocycles. The van der Waals surface area contributed by atoms with Gasteiger partial charge in [0.2, 0.25) is 29.5 Å². The largest absolute Gasteiger partial charge is 0.480 e. The zero-order valence-electron chi connectivity index (χ0n) is 18.1. The predicted octanol–water partition coefficient (Wildman–Crippen LogP) is -3.95. The van der Waals surface area contributed by atoms with Crippen LogP contribution in [-0.4, -0.2) is 77.1 Å². The summed E-state index contributed by atoms with van der Waals surface area (Å²) in [6.07, 6.45) is 0.199. The van der Waals surface area contributed by atoms with Crippen molar-refractivity contribution in [2.75, 3.05) is 12.3 Å². The summed E-state index contributed by atoms with van der Waals surface area (Å²) in [6.45, 7) is 0.341. The van der Waals surface area contributed by atoms with Gasteiger partial charge in [-0.1, -0.05) is 0 Å². The van der Waals surface area contributed by atoms with Gasteiger partial charge in [-0.25, -0.2) is 4.79 Å². The topological polar surface area (TPSA) is 263 Å². The third-order valence-electron chi connectivity index (χ3n) is 4.45. The van der Waals surface area contributed by atoms with E-state index in [0.717, 1.165) is 0 Å². The SMILES string of the molecule is NCCCCC(NC(=O)C(N)CC(N)=O)C(=O)NC(CCC(N)=O)C(=O)NC(CS)C(=O)O. The van der Waals surface area contributed by atoms with Crippen molar-refractivity contribution in [2.45, 2.75) is 62.7 Å². The first-order chi connectivity index (χ1) is 15.4. The molecule has 0 aliphatic rings. The summed E-state index contributed by atoms with van der Waals surface area (Å²) in [6, 6.07) is -5.08. The van der Waals surface area contributed by atoms with Crippen molar-refractivity contribution >= 4 is 48.1 Å². The molecule has 4 unspecified atom stereocenters. The molecule has 33 heavy (non-hydrogen) atoms. The highest BCUT2D eigenvalue weighted by Gasteiger charge is 2.30. The molecule has 4 atom stereocenters. The maximum absolute atomic E-state index is 12.8. The molecule has 0 bridgehead atoms. The quantitative estimate of drug-likeness (QED) is 0.0708. The molecule has 0 saturated carbocycles. The van der Waals surface area contributed by atoms with Gasteiger partial charge < -0.3 is 44.0 Å². The first kappa shape index (κ1) is 30.1. The van der Waals surface area contributed by atoms with Gasteiger partial charge >= 0.3 is 5.97 Å². The molecule has 0 spiro atoms. The second-order valence-corrected chi connectivity index (χ2v) is 7.64. The molecule has 0 aromatic carbocycles. The number of carbonyl (C=O) groups excluding carboxylic acids is 5. The molecule has 0 rings (SSSR count). The number of aliphatic carboxylic acids is 1. The zero-order valence-corrected chi connectivity index (χ0v) is 19.0. The van der Waals surface area contributed by atoms with Gasteiger partial charge in [-0.15, -0.1) is 0 Å². The molecule has 0 fully saturated rings. The second-order valence-electron chi connectivity index (χ2n) is 7.27. The molecule has 12 N–H and O–H groups in total. The molecule has 0 radical (unpaired) electrons. The van der Waals surface area contributed by atoms with Gasteiger partial charge in [0, 0.05) is 12.2 Å². The van der Waals surface area contributed by atoms with Crippen molar-refractivity contribution in [2.24, 2.45) is 22.9 Å². The van der Waals surface area contributed by atoms with E-state index in [-0.39, 0.29) is 25.0 Å². The van der Waals surface area contributed by atoms with Gasteiger partial charge in [-0.05, 0) is 32.2 Å². The van der Waals surface area contributed by atoms with E-state index in [4.69, 9.17) is 28.0 Å². The highest BCUT2D eigenvalue weighted by Crippen LogP contribution is 2.05. The number of carbonyl (C=O) groups is 6. The van der Waals surface area contributed by atoms with Crippen molar-refractivity contribution in [3.05, 3.63) is 0 Å². The Balaban J connectivity index is 5.49. The fourth-order valence-corrected chi connectivity index (χ4v) is 2.88. The molecule has 0 saturated heterocycles. The number of nitrogens with two attached hydrogens (primary N) is 4. The van der Waals surface area contributed by atoms with E-state index >= 15 is 0 Å².